The first kappa shape index (κ1) is 18.1. The molecular formula is C15H10BrCl3N2O2. The number of nitrogens with one attached hydrogen (secondary N) is 1. The van der Waals surface area contributed by atoms with Gasteiger partial charge in [0.15, 0.2) is 6.61 Å². The molecule has 1 N–H and O–H groups in total. The van der Waals surface area contributed by atoms with E-state index in [9.17, 15) is 4.79 Å². The van der Waals surface area contributed by atoms with Crippen molar-refractivity contribution in [3.63, 3.8) is 0 Å². The maximum Gasteiger partial charge on any atom is 0.277 e. The topological polar surface area (TPSA) is 50.7 Å². The number of hydrogen-bond acceptors (Lipinski definition) is 3. The van der Waals surface area contributed by atoms with Gasteiger partial charge in [-0.3, -0.25) is 4.79 Å². The van der Waals surface area contributed by atoms with Gasteiger partial charge in [-0.15, -0.1) is 0 Å². The van der Waals surface area contributed by atoms with Gasteiger partial charge in [0.25, 0.3) is 5.91 Å². The summed E-state index contributed by atoms with van der Waals surface area (Å²) >= 11 is 21.0. The highest BCUT2D eigenvalue weighted by atomic mass is 79.9. The third kappa shape index (κ3) is 5.39. The number of carbonyl (C=O) groups is 1. The molecule has 0 unspecified atom stereocenters. The molecule has 0 aliphatic rings. The molecule has 4 nitrogen and oxygen atoms in total. The van der Waals surface area contributed by atoms with E-state index in [1.807, 2.05) is 0 Å². The second kappa shape index (κ2) is 8.55. The van der Waals surface area contributed by atoms with Crippen LogP contribution in [0.15, 0.2) is 46.0 Å². The van der Waals surface area contributed by atoms with Crippen molar-refractivity contribution < 1.29 is 9.53 Å². The lowest BCUT2D eigenvalue weighted by Gasteiger charge is -2.07. The molecule has 0 aliphatic heterocycles. The van der Waals surface area contributed by atoms with Gasteiger partial charge >= 0.3 is 0 Å². The average Bonchev–Trinajstić information content (AvgIpc) is 2.50. The van der Waals surface area contributed by atoms with Crippen molar-refractivity contribution in [2.45, 2.75) is 0 Å². The van der Waals surface area contributed by atoms with Crippen LogP contribution in [0, 0.1) is 0 Å². The van der Waals surface area contributed by atoms with Crippen molar-refractivity contribution in [1.29, 1.82) is 0 Å². The van der Waals surface area contributed by atoms with Crippen molar-refractivity contribution in [3.8, 4) is 5.75 Å². The van der Waals surface area contributed by atoms with Gasteiger partial charge < -0.3 is 4.74 Å². The monoisotopic (exact) mass is 434 g/mol. The Hall–Kier alpha value is -1.27. The Labute approximate surface area is 156 Å². The predicted octanol–water partition coefficient (Wildman–Crippen LogP) is 4.94. The molecule has 2 rings (SSSR count). The standard InChI is InChI=1S/C15H10BrCl3N2O2/c16-11-6-10(17)4-5-13(11)23-8-14(22)21-20-7-9-2-1-3-12(18)15(9)19/h1-7H,8H2,(H,21,22). The minimum absolute atomic E-state index is 0.194. The van der Waals surface area contributed by atoms with Crippen LogP contribution >= 0.6 is 50.7 Å². The molecule has 0 radical (unpaired) electrons. The fourth-order valence-corrected chi connectivity index (χ4v) is 2.72. The van der Waals surface area contributed by atoms with E-state index in [2.05, 4.69) is 26.5 Å². The molecule has 0 fully saturated rings. The van der Waals surface area contributed by atoms with Crippen LogP contribution in [0.2, 0.25) is 15.1 Å². The highest BCUT2D eigenvalue weighted by Gasteiger charge is 2.06. The van der Waals surface area contributed by atoms with Crippen molar-refractivity contribution in [2.75, 3.05) is 6.61 Å². The fraction of sp³-hybridized carbons (Fsp3) is 0.0667. The zero-order chi connectivity index (χ0) is 16.8. The quantitative estimate of drug-likeness (QED) is 0.533. The molecular weight excluding hydrogens is 426 g/mol. The van der Waals surface area contributed by atoms with E-state index in [0.717, 1.165) is 0 Å². The summed E-state index contributed by atoms with van der Waals surface area (Å²) in [6.07, 6.45) is 1.41. The number of nitrogens with zero attached hydrogens (tertiary/aromatic N) is 1. The van der Waals surface area contributed by atoms with E-state index in [1.54, 1.807) is 36.4 Å². The highest BCUT2D eigenvalue weighted by molar-refractivity contribution is 9.10. The summed E-state index contributed by atoms with van der Waals surface area (Å²) in [5, 5.41) is 5.16. The molecule has 0 bridgehead atoms. The van der Waals surface area contributed by atoms with Gasteiger partial charge in [-0.2, -0.15) is 5.10 Å². The number of benzene rings is 2. The first-order valence-corrected chi connectivity index (χ1v) is 8.24. The van der Waals surface area contributed by atoms with Gasteiger partial charge in [0.05, 0.1) is 20.7 Å². The number of carbonyl (C=O) groups excluding carboxylic acids is 1. The van der Waals surface area contributed by atoms with Crippen LogP contribution in [-0.4, -0.2) is 18.7 Å². The molecule has 0 aromatic heterocycles. The average molecular weight is 437 g/mol. The smallest absolute Gasteiger partial charge is 0.277 e. The second-order valence-electron chi connectivity index (χ2n) is 4.30. The summed E-state index contributed by atoms with van der Waals surface area (Å²) in [4.78, 5) is 11.7. The summed E-state index contributed by atoms with van der Waals surface area (Å²) in [6, 6.07) is 10.1. The largest absolute Gasteiger partial charge is 0.483 e. The third-order valence-electron chi connectivity index (χ3n) is 2.63. The molecule has 0 saturated carbocycles. The summed E-state index contributed by atoms with van der Waals surface area (Å²) in [6.45, 7) is -0.194. The number of hydrazone groups is 1. The van der Waals surface area contributed by atoms with Gasteiger partial charge in [-0.05, 0) is 40.2 Å². The lowest BCUT2D eigenvalue weighted by atomic mass is 10.2. The zero-order valence-corrected chi connectivity index (χ0v) is 15.4. The number of ether oxygens (including phenoxy) is 1. The molecule has 1 amide bonds. The number of amides is 1. The summed E-state index contributed by atoms with van der Waals surface area (Å²) in [5.74, 6) is 0.0904. The first-order valence-electron chi connectivity index (χ1n) is 6.31. The summed E-state index contributed by atoms with van der Waals surface area (Å²) in [7, 11) is 0. The minimum atomic E-state index is -0.416. The maximum atomic E-state index is 11.7. The second-order valence-corrected chi connectivity index (χ2v) is 6.38. The van der Waals surface area contributed by atoms with Crippen molar-refractivity contribution in [1.82, 2.24) is 5.43 Å². The lowest BCUT2D eigenvalue weighted by Crippen LogP contribution is -2.24. The third-order valence-corrected chi connectivity index (χ3v) is 4.32. The molecule has 2 aromatic rings. The summed E-state index contributed by atoms with van der Waals surface area (Å²) in [5.41, 5.74) is 2.94. The van der Waals surface area contributed by atoms with Gasteiger partial charge in [-0.25, -0.2) is 5.43 Å². The Morgan fingerprint density at radius 3 is 2.78 bits per heavy atom. The Bertz CT molecular complexity index is 753. The number of rotatable bonds is 5. The van der Waals surface area contributed by atoms with Gasteiger partial charge in [-0.1, -0.05) is 46.9 Å². The Kier molecular flexibility index (Phi) is 6.72. The van der Waals surface area contributed by atoms with Crippen LogP contribution in [-0.2, 0) is 4.79 Å². The fourth-order valence-electron chi connectivity index (χ4n) is 1.56. The van der Waals surface area contributed by atoms with Crippen LogP contribution < -0.4 is 10.2 Å². The van der Waals surface area contributed by atoms with Crippen molar-refractivity contribution in [2.24, 2.45) is 5.10 Å². The van der Waals surface area contributed by atoms with E-state index in [4.69, 9.17) is 39.5 Å². The molecule has 2 aromatic carbocycles. The van der Waals surface area contributed by atoms with Crippen molar-refractivity contribution >= 4 is 62.9 Å². The normalized spacial score (nSPS) is 10.8. The van der Waals surface area contributed by atoms with Gasteiger partial charge in [0.2, 0.25) is 0 Å². The molecule has 0 heterocycles. The van der Waals surface area contributed by atoms with Gasteiger partial charge in [0.1, 0.15) is 5.75 Å². The van der Waals surface area contributed by atoms with Crippen LogP contribution in [0.5, 0.6) is 5.75 Å². The predicted molar refractivity (Wildman–Crippen MR) is 96.8 cm³/mol. The van der Waals surface area contributed by atoms with Crippen LogP contribution in [0.4, 0.5) is 0 Å². The molecule has 0 aliphatic carbocycles. The molecule has 0 spiro atoms. The molecule has 0 saturated heterocycles. The molecule has 8 heteroatoms. The first-order chi connectivity index (χ1) is 11.0. The van der Waals surface area contributed by atoms with E-state index < -0.39 is 5.91 Å². The van der Waals surface area contributed by atoms with E-state index in [1.165, 1.54) is 6.21 Å². The lowest BCUT2D eigenvalue weighted by molar-refractivity contribution is -0.123. The zero-order valence-electron chi connectivity index (χ0n) is 11.5. The Balaban J connectivity index is 1.87. The summed E-state index contributed by atoms with van der Waals surface area (Å²) < 4.78 is 6.02. The Morgan fingerprint density at radius 2 is 2.04 bits per heavy atom. The van der Waals surface area contributed by atoms with E-state index in [-0.39, 0.29) is 6.61 Å². The van der Waals surface area contributed by atoms with Crippen LogP contribution in [0.25, 0.3) is 0 Å². The SMILES string of the molecule is O=C(COc1ccc(Cl)cc1Br)NN=Cc1cccc(Cl)c1Cl. The molecule has 0 atom stereocenters. The van der Waals surface area contributed by atoms with Crippen LogP contribution in [0.1, 0.15) is 5.56 Å². The maximum absolute atomic E-state index is 11.7. The Morgan fingerprint density at radius 1 is 1.26 bits per heavy atom. The molecule has 23 heavy (non-hydrogen) atoms. The number of hydrogen-bond donors (Lipinski definition) is 1. The molecule has 120 valence electrons. The highest BCUT2D eigenvalue weighted by Crippen LogP contribution is 2.27. The van der Waals surface area contributed by atoms with Crippen LogP contribution in [0.3, 0.4) is 0 Å². The van der Waals surface area contributed by atoms with E-state index >= 15 is 0 Å². The van der Waals surface area contributed by atoms with Crippen molar-refractivity contribution in [3.05, 3.63) is 61.5 Å². The van der Waals surface area contributed by atoms with E-state index in [0.29, 0.717) is 30.9 Å². The number of halogens is 4. The van der Waals surface area contributed by atoms with Gasteiger partial charge in [0, 0.05) is 10.6 Å². The minimum Gasteiger partial charge on any atom is -0.483 e.